The van der Waals surface area contributed by atoms with Gasteiger partial charge < -0.3 is 10.6 Å². The van der Waals surface area contributed by atoms with Crippen LogP contribution in [-0.4, -0.2) is 22.1 Å². The van der Waals surface area contributed by atoms with Crippen LogP contribution in [0.25, 0.3) is 11.3 Å². The zero-order valence-electron chi connectivity index (χ0n) is 14.9. The van der Waals surface area contributed by atoms with E-state index >= 15 is 0 Å². The second-order valence-corrected chi connectivity index (χ2v) is 7.31. The van der Waals surface area contributed by atoms with Crippen LogP contribution in [0.2, 0.25) is 0 Å². The molecule has 124 valence electrons. The van der Waals surface area contributed by atoms with Crippen LogP contribution in [0.15, 0.2) is 36.4 Å². The molecule has 0 bridgehead atoms. The summed E-state index contributed by atoms with van der Waals surface area (Å²) in [5.74, 6) is 2.20. The van der Waals surface area contributed by atoms with E-state index in [-0.39, 0.29) is 5.54 Å². The van der Waals surface area contributed by atoms with Gasteiger partial charge in [0.1, 0.15) is 5.82 Å². The van der Waals surface area contributed by atoms with Gasteiger partial charge in [-0.25, -0.2) is 4.98 Å². The minimum atomic E-state index is -0.0789. The fourth-order valence-corrected chi connectivity index (χ4v) is 2.17. The summed E-state index contributed by atoms with van der Waals surface area (Å²) in [4.78, 5) is 9.28. The Morgan fingerprint density at radius 2 is 1.74 bits per heavy atom. The van der Waals surface area contributed by atoms with Crippen molar-refractivity contribution in [3.05, 3.63) is 36.4 Å². The number of nitrogens with one attached hydrogen (secondary N) is 2. The maximum absolute atomic E-state index is 4.67. The molecule has 0 amide bonds. The van der Waals surface area contributed by atoms with Crippen LogP contribution in [0.5, 0.6) is 0 Å². The molecule has 0 aliphatic carbocycles. The van der Waals surface area contributed by atoms with E-state index in [1.807, 2.05) is 24.3 Å². The fraction of sp³-hybridized carbons (Fsp3) is 0.474. The molecule has 0 spiro atoms. The third-order valence-electron chi connectivity index (χ3n) is 3.31. The summed E-state index contributed by atoms with van der Waals surface area (Å²) in [5.41, 5.74) is 1.95. The van der Waals surface area contributed by atoms with E-state index in [0.717, 1.165) is 30.0 Å². The molecule has 2 aromatic rings. The van der Waals surface area contributed by atoms with Crippen LogP contribution < -0.4 is 10.6 Å². The largest absolute Gasteiger partial charge is 0.370 e. The highest BCUT2D eigenvalue weighted by atomic mass is 15.2. The van der Waals surface area contributed by atoms with Crippen molar-refractivity contribution >= 4 is 11.8 Å². The van der Waals surface area contributed by atoms with Crippen molar-refractivity contribution in [2.45, 2.75) is 46.6 Å². The molecule has 1 aromatic heterocycles. The average molecular weight is 312 g/mol. The molecule has 0 radical (unpaired) electrons. The zero-order chi connectivity index (χ0) is 16.9. The van der Waals surface area contributed by atoms with Crippen LogP contribution in [0.1, 0.15) is 41.0 Å². The monoisotopic (exact) mass is 312 g/mol. The third kappa shape index (κ3) is 5.89. The Bertz CT molecular complexity index is 615. The molecular weight excluding hydrogens is 284 g/mol. The molecule has 0 saturated carbocycles. The molecule has 4 nitrogen and oxygen atoms in total. The van der Waals surface area contributed by atoms with Gasteiger partial charge in [0.2, 0.25) is 5.95 Å². The molecule has 0 saturated heterocycles. The van der Waals surface area contributed by atoms with E-state index in [0.29, 0.717) is 11.9 Å². The summed E-state index contributed by atoms with van der Waals surface area (Å²) >= 11 is 0. The van der Waals surface area contributed by atoms with Crippen molar-refractivity contribution in [2.24, 2.45) is 5.92 Å². The number of benzene rings is 1. The maximum Gasteiger partial charge on any atom is 0.225 e. The van der Waals surface area contributed by atoms with E-state index < -0.39 is 0 Å². The molecule has 1 heterocycles. The van der Waals surface area contributed by atoms with Crippen molar-refractivity contribution in [3.63, 3.8) is 0 Å². The number of nitrogens with zero attached hydrogens (tertiary/aromatic N) is 2. The lowest BCUT2D eigenvalue weighted by molar-refractivity contribution is 0.606. The number of rotatable bonds is 6. The molecule has 2 rings (SSSR count). The Balaban J connectivity index is 2.28. The fourth-order valence-electron chi connectivity index (χ4n) is 2.17. The van der Waals surface area contributed by atoms with E-state index in [1.165, 1.54) is 0 Å². The molecule has 23 heavy (non-hydrogen) atoms. The third-order valence-corrected chi connectivity index (χ3v) is 3.31. The highest BCUT2D eigenvalue weighted by Crippen LogP contribution is 2.22. The topological polar surface area (TPSA) is 49.8 Å². The molecule has 2 N–H and O–H groups in total. The van der Waals surface area contributed by atoms with E-state index in [1.54, 1.807) is 0 Å². The summed E-state index contributed by atoms with van der Waals surface area (Å²) in [7, 11) is 0. The van der Waals surface area contributed by atoms with Gasteiger partial charge in [0.15, 0.2) is 0 Å². The minimum Gasteiger partial charge on any atom is -0.370 e. The molecule has 1 aromatic carbocycles. The van der Waals surface area contributed by atoms with E-state index in [2.05, 4.69) is 67.4 Å². The zero-order valence-corrected chi connectivity index (χ0v) is 14.9. The molecule has 0 aliphatic rings. The lowest BCUT2D eigenvalue weighted by Crippen LogP contribution is -2.27. The predicted octanol–water partition coefficient (Wildman–Crippen LogP) is 4.81. The highest BCUT2D eigenvalue weighted by molar-refractivity contribution is 5.64. The van der Waals surface area contributed by atoms with Gasteiger partial charge in [-0.05, 0) is 33.1 Å². The summed E-state index contributed by atoms with van der Waals surface area (Å²) < 4.78 is 0. The van der Waals surface area contributed by atoms with Gasteiger partial charge in [-0.2, -0.15) is 4.98 Å². The van der Waals surface area contributed by atoms with Gasteiger partial charge in [0.25, 0.3) is 0 Å². The first-order valence-electron chi connectivity index (χ1n) is 8.30. The Hall–Kier alpha value is -2.10. The van der Waals surface area contributed by atoms with Gasteiger partial charge in [0, 0.05) is 23.7 Å². The number of hydrogen-bond acceptors (Lipinski definition) is 4. The van der Waals surface area contributed by atoms with Crippen molar-refractivity contribution in [1.29, 1.82) is 0 Å². The molecule has 0 aliphatic heterocycles. The smallest absolute Gasteiger partial charge is 0.225 e. The normalized spacial score (nSPS) is 11.6. The second-order valence-electron chi connectivity index (χ2n) is 7.31. The van der Waals surface area contributed by atoms with E-state index in [4.69, 9.17) is 0 Å². The van der Waals surface area contributed by atoms with Crippen LogP contribution in [0, 0.1) is 5.92 Å². The van der Waals surface area contributed by atoms with Gasteiger partial charge in [-0.3, -0.25) is 0 Å². The predicted molar refractivity (Wildman–Crippen MR) is 98.8 cm³/mol. The van der Waals surface area contributed by atoms with Gasteiger partial charge in [-0.1, -0.05) is 44.2 Å². The van der Waals surface area contributed by atoms with Crippen molar-refractivity contribution in [3.8, 4) is 11.3 Å². The van der Waals surface area contributed by atoms with Crippen molar-refractivity contribution in [2.75, 3.05) is 17.2 Å². The number of anilines is 2. The van der Waals surface area contributed by atoms with Gasteiger partial charge >= 0.3 is 0 Å². The standard InChI is InChI=1S/C19H28N4/c1-14(2)11-12-20-17-13-16(15-9-7-6-8-10-15)21-18(22-17)23-19(3,4)5/h6-10,13-14H,11-12H2,1-5H3,(H2,20,21,22,23). The molecule has 0 atom stereocenters. The summed E-state index contributed by atoms with van der Waals surface area (Å²) in [6.45, 7) is 11.7. The lowest BCUT2D eigenvalue weighted by atomic mass is 10.1. The lowest BCUT2D eigenvalue weighted by Gasteiger charge is -2.21. The van der Waals surface area contributed by atoms with Crippen molar-refractivity contribution < 1.29 is 0 Å². The van der Waals surface area contributed by atoms with Crippen LogP contribution in [-0.2, 0) is 0 Å². The summed E-state index contributed by atoms with van der Waals surface area (Å²) in [6.07, 6.45) is 1.12. The molecule has 0 fully saturated rings. The molecule has 0 unspecified atom stereocenters. The second kappa shape index (κ2) is 7.44. The minimum absolute atomic E-state index is 0.0789. The van der Waals surface area contributed by atoms with Crippen LogP contribution in [0.3, 0.4) is 0 Å². The van der Waals surface area contributed by atoms with Crippen LogP contribution in [0.4, 0.5) is 11.8 Å². The summed E-state index contributed by atoms with van der Waals surface area (Å²) in [6, 6.07) is 12.2. The van der Waals surface area contributed by atoms with Gasteiger partial charge in [-0.15, -0.1) is 0 Å². The highest BCUT2D eigenvalue weighted by Gasteiger charge is 2.13. The first-order valence-corrected chi connectivity index (χ1v) is 8.30. The first-order chi connectivity index (χ1) is 10.8. The van der Waals surface area contributed by atoms with Crippen LogP contribution >= 0.6 is 0 Å². The number of aromatic nitrogens is 2. The maximum atomic E-state index is 4.67. The van der Waals surface area contributed by atoms with Crippen molar-refractivity contribution in [1.82, 2.24) is 9.97 Å². The Kier molecular flexibility index (Phi) is 5.59. The Morgan fingerprint density at radius 3 is 2.35 bits per heavy atom. The SMILES string of the molecule is CC(C)CCNc1cc(-c2ccccc2)nc(NC(C)(C)C)n1. The summed E-state index contributed by atoms with van der Waals surface area (Å²) in [5, 5.41) is 6.79. The number of hydrogen-bond donors (Lipinski definition) is 2. The van der Waals surface area contributed by atoms with E-state index in [9.17, 15) is 0 Å². The average Bonchev–Trinajstić information content (AvgIpc) is 2.46. The quantitative estimate of drug-likeness (QED) is 0.803. The van der Waals surface area contributed by atoms with Gasteiger partial charge in [0.05, 0.1) is 5.69 Å². The first kappa shape index (κ1) is 17.3. The Morgan fingerprint density at radius 1 is 1.04 bits per heavy atom. The molecule has 4 heteroatoms. The Labute approximate surface area is 139 Å². The molecular formula is C19H28N4.